The zero-order valence-corrected chi connectivity index (χ0v) is 12.3. The van der Waals surface area contributed by atoms with E-state index >= 15 is 0 Å². The van der Waals surface area contributed by atoms with E-state index < -0.39 is 15.6 Å². The van der Waals surface area contributed by atoms with Crippen LogP contribution in [0.15, 0.2) is 17.3 Å². The second-order valence-corrected chi connectivity index (χ2v) is 7.21. The van der Waals surface area contributed by atoms with Crippen LogP contribution in [0.25, 0.3) is 0 Å². The molecule has 1 aromatic heterocycles. The van der Waals surface area contributed by atoms with Crippen LogP contribution < -0.4 is 10.5 Å². The average Bonchev–Trinajstić information content (AvgIpc) is 2.75. The maximum absolute atomic E-state index is 12.4. The molecule has 1 heterocycles. The highest BCUT2D eigenvalue weighted by molar-refractivity contribution is 7.89. The summed E-state index contributed by atoms with van der Waals surface area (Å²) in [7, 11) is -1.95. The second kappa shape index (κ2) is 5.22. The largest absolute Gasteiger partial charge is 0.329 e. The highest BCUT2D eigenvalue weighted by atomic mass is 32.2. The highest BCUT2D eigenvalue weighted by Crippen LogP contribution is 2.32. The molecule has 1 saturated carbocycles. The lowest BCUT2D eigenvalue weighted by Gasteiger charge is -2.39. The van der Waals surface area contributed by atoms with Gasteiger partial charge >= 0.3 is 0 Å². The van der Waals surface area contributed by atoms with Crippen molar-refractivity contribution in [3.63, 3.8) is 0 Å². The van der Waals surface area contributed by atoms with Gasteiger partial charge in [-0.25, -0.2) is 13.1 Å². The summed E-state index contributed by atoms with van der Waals surface area (Å²) in [4.78, 5) is 0. The monoisotopic (exact) mass is 286 g/mol. The number of hydrogen-bond acceptors (Lipinski definition) is 4. The number of aromatic nitrogens is 2. The van der Waals surface area contributed by atoms with Crippen LogP contribution >= 0.6 is 0 Å². The van der Waals surface area contributed by atoms with E-state index in [1.807, 2.05) is 0 Å². The van der Waals surface area contributed by atoms with Crippen LogP contribution in [0.1, 0.15) is 32.6 Å². The van der Waals surface area contributed by atoms with Gasteiger partial charge in [0.1, 0.15) is 0 Å². The van der Waals surface area contributed by atoms with Gasteiger partial charge in [0.15, 0.2) is 5.03 Å². The molecule has 0 bridgehead atoms. The minimum absolute atomic E-state index is 0.179. The lowest BCUT2D eigenvalue weighted by atomic mass is 9.77. The van der Waals surface area contributed by atoms with Gasteiger partial charge in [0.05, 0.1) is 6.20 Å². The zero-order valence-electron chi connectivity index (χ0n) is 11.5. The third-order valence-corrected chi connectivity index (χ3v) is 5.54. The summed E-state index contributed by atoms with van der Waals surface area (Å²) in [5.74, 6) is 0.492. The first-order chi connectivity index (χ1) is 8.88. The molecule has 3 N–H and O–H groups in total. The fourth-order valence-electron chi connectivity index (χ4n) is 2.94. The summed E-state index contributed by atoms with van der Waals surface area (Å²) in [6.45, 7) is 2.47. The Bertz CT molecular complexity index is 540. The molecular weight excluding hydrogens is 264 g/mol. The van der Waals surface area contributed by atoms with Crippen LogP contribution in [-0.4, -0.2) is 30.3 Å². The molecule has 19 heavy (non-hydrogen) atoms. The SMILES string of the molecule is CC1CCCC(CN)(NS(=O)(=O)c2ccnn2C)C1. The van der Waals surface area contributed by atoms with E-state index in [4.69, 9.17) is 5.73 Å². The van der Waals surface area contributed by atoms with E-state index in [0.29, 0.717) is 12.5 Å². The van der Waals surface area contributed by atoms with E-state index in [1.54, 1.807) is 7.05 Å². The van der Waals surface area contributed by atoms with Crippen molar-refractivity contribution in [3.05, 3.63) is 12.3 Å². The Balaban J connectivity index is 2.25. The molecule has 0 aromatic carbocycles. The Morgan fingerprint density at radius 3 is 2.89 bits per heavy atom. The lowest BCUT2D eigenvalue weighted by Crippen LogP contribution is -2.56. The number of rotatable bonds is 4. The molecule has 1 fully saturated rings. The summed E-state index contributed by atoms with van der Waals surface area (Å²) < 4.78 is 29.0. The number of nitrogens with zero attached hydrogens (tertiary/aromatic N) is 2. The van der Waals surface area contributed by atoms with Crippen molar-refractivity contribution >= 4 is 10.0 Å². The first-order valence-electron chi connectivity index (χ1n) is 6.61. The Hall–Kier alpha value is -0.920. The van der Waals surface area contributed by atoms with Crippen LogP contribution in [-0.2, 0) is 17.1 Å². The Labute approximate surface area is 114 Å². The van der Waals surface area contributed by atoms with Gasteiger partial charge in [0.25, 0.3) is 10.0 Å². The first kappa shape index (κ1) is 14.5. The fourth-order valence-corrected chi connectivity index (χ4v) is 4.52. The van der Waals surface area contributed by atoms with Gasteiger partial charge in [0.2, 0.25) is 0 Å². The molecule has 0 radical (unpaired) electrons. The van der Waals surface area contributed by atoms with E-state index in [9.17, 15) is 8.42 Å². The third kappa shape index (κ3) is 2.98. The van der Waals surface area contributed by atoms with Crippen molar-refractivity contribution in [2.24, 2.45) is 18.7 Å². The average molecular weight is 286 g/mol. The van der Waals surface area contributed by atoms with Crippen molar-refractivity contribution in [1.29, 1.82) is 0 Å². The van der Waals surface area contributed by atoms with Crippen molar-refractivity contribution in [2.45, 2.75) is 43.2 Å². The summed E-state index contributed by atoms with van der Waals surface area (Å²) in [6.07, 6.45) is 5.21. The van der Waals surface area contributed by atoms with Gasteiger partial charge in [-0.1, -0.05) is 19.8 Å². The van der Waals surface area contributed by atoms with Gasteiger partial charge in [0, 0.05) is 19.1 Å². The van der Waals surface area contributed by atoms with Gasteiger partial charge in [-0.3, -0.25) is 4.68 Å². The van der Waals surface area contributed by atoms with Gasteiger partial charge < -0.3 is 5.73 Å². The molecule has 1 aromatic rings. The normalized spacial score (nSPS) is 28.5. The molecule has 0 saturated heterocycles. The molecule has 0 amide bonds. The molecule has 1 aliphatic rings. The number of sulfonamides is 1. The lowest BCUT2D eigenvalue weighted by molar-refractivity contribution is 0.222. The van der Waals surface area contributed by atoms with E-state index in [1.165, 1.54) is 16.9 Å². The molecule has 7 heteroatoms. The maximum atomic E-state index is 12.4. The minimum atomic E-state index is -3.57. The van der Waals surface area contributed by atoms with Crippen LogP contribution in [0.5, 0.6) is 0 Å². The number of nitrogens with two attached hydrogens (primary N) is 1. The first-order valence-corrected chi connectivity index (χ1v) is 8.09. The molecule has 2 rings (SSSR count). The van der Waals surface area contributed by atoms with E-state index in [-0.39, 0.29) is 5.03 Å². The number of aryl methyl sites for hydroxylation is 1. The summed E-state index contributed by atoms with van der Waals surface area (Å²) in [5.41, 5.74) is 5.34. The molecular formula is C12H22N4O2S. The molecule has 0 spiro atoms. The van der Waals surface area contributed by atoms with Crippen molar-refractivity contribution in [2.75, 3.05) is 6.54 Å². The van der Waals surface area contributed by atoms with E-state index in [2.05, 4.69) is 16.7 Å². The summed E-state index contributed by atoms with van der Waals surface area (Å²) in [6, 6.07) is 1.50. The maximum Gasteiger partial charge on any atom is 0.258 e. The van der Waals surface area contributed by atoms with Crippen LogP contribution in [0, 0.1) is 5.92 Å². The van der Waals surface area contributed by atoms with Crippen LogP contribution in [0.2, 0.25) is 0 Å². The Kier molecular flexibility index (Phi) is 3.98. The van der Waals surface area contributed by atoms with Gasteiger partial charge in [-0.2, -0.15) is 5.10 Å². The number of nitrogens with one attached hydrogen (secondary N) is 1. The predicted octanol–water partition coefficient (Wildman–Crippen LogP) is 0.606. The molecule has 108 valence electrons. The second-order valence-electron chi connectivity index (χ2n) is 5.58. The molecule has 2 unspecified atom stereocenters. The van der Waals surface area contributed by atoms with Crippen LogP contribution in [0.4, 0.5) is 0 Å². The molecule has 2 atom stereocenters. The highest BCUT2D eigenvalue weighted by Gasteiger charge is 2.38. The van der Waals surface area contributed by atoms with Crippen molar-refractivity contribution < 1.29 is 8.42 Å². The predicted molar refractivity (Wildman–Crippen MR) is 72.9 cm³/mol. The van der Waals surface area contributed by atoms with Gasteiger partial charge in [-0.15, -0.1) is 0 Å². The van der Waals surface area contributed by atoms with Crippen molar-refractivity contribution in [1.82, 2.24) is 14.5 Å². The fraction of sp³-hybridized carbons (Fsp3) is 0.750. The summed E-state index contributed by atoms with van der Waals surface area (Å²) >= 11 is 0. The smallest absolute Gasteiger partial charge is 0.258 e. The summed E-state index contributed by atoms with van der Waals surface area (Å²) in [5, 5.41) is 4.08. The van der Waals surface area contributed by atoms with E-state index in [0.717, 1.165) is 25.7 Å². The zero-order chi connectivity index (χ0) is 14.1. The third-order valence-electron chi connectivity index (χ3n) is 3.88. The molecule has 6 nitrogen and oxygen atoms in total. The van der Waals surface area contributed by atoms with Crippen molar-refractivity contribution in [3.8, 4) is 0 Å². The van der Waals surface area contributed by atoms with Gasteiger partial charge in [-0.05, 0) is 24.8 Å². The Morgan fingerprint density at radius 2 is 2.37 bits per heavy atom. The molecule has 0 aliphatic heterocycles. The quantitative estimate of drug-likeness (QED) is 0.848. The topological polar surface area (TPSA) is 90.0 Å². The number of hydrogen-bond donors (Lipinski definition) is 2. The Morgan fingerprint density at radius 1 is 1.63 bits per heavy atom. The standard InChI is InChI=1S/C12H22N4O2S/c1-10-4-3-6-12(8-10,9-13)15-19(17,18)11-5-7-14-16(11)2/h5,7,10,15H,3-4,6,8-9,13H2,1-2H3. The van der Waals surface area contributed by atoms with Crippen LogP contribution in [0.3, 0.4) is 0 Å². The minimum Gasteiger partial charge on any atom is -0.329 e. The molecule has 1 aliphatic carbocycles.